The van der Waals surface area contributed by atoms with Crippen LogP contribution in [-0.4, -0.2) is 103 Å². The van der Waals surface area contributed by atoms with E-state index in [1.165, 1.54) is 31.2 Å². The molecule has 8 aromatic rings. The van der Waals surface area contributed by atoms with E-state index in [1.54, 1.807) is 32.9 Å². The number of ether oxygens (including phenoxy) is 10. The first kappa shape index (κ1) is 77.6. The third-order valence-corrected chi connectivity index (χ3v) is 20.0. The number of esters is 5. The number of rotatable bonds is 37. The molecule has 0 aliphatic heterocycles. The summed E-state index contributed by atoms with van der Waals surface area (Å²) in [5.41, 5.74) is 5.27. The van der Waals surface area contributed by atoms with Crippen LogP contribution in [0.15, 0.2) is 152 Å². The van der Waals surface area contributed by atoms with E-state index in [0.717, 1.165) is 84.0 Å². The number of benzene rings is 7. The van der Waals surface area contributed by atoms with Gasteiger partial charge in [-0.1, -0.05) is 13.2 Å². The van der Waals surface area contributed by atoms with Gasteiger partial charge in [0.25, 0.3) is 0 Å². The van der Waals surface area contributed by atoms with E-state index in [4.69, 9.17) is 60.4 Å². The number of alkyl halides is 4. The van der Waals surface area contributed by atoms with Crippen molar-refractivity contribution in [1.82, 2.24) is 9.97 Å². The molecule has 0 radical (unpaired) electrons. The summed E-state index contributed by atoms with van der Waals surface area (Å²) in [6, 6.07) is 39.2. The van der Waals surface area contributed by atoms with E-state index in [-0.39, 0.29) is 103 Å². The van der Waals surface area contributed by atoms with Crippen LogP contribution in [0.4, 0.5) is 13.2 Å². The summed E-state index contributed by atoms with van der Waals surface area (Å²) < 4.78 is 105. The Labute approximate surface area is 615 Å². The number of fused-ring (bicyclic) bond motifs is 7. The summed E-state index contributed by atoms with van der Waals surface area (Å²) >= 11 is -0.752. The third kappa shape index (κ3) is 22.7. The van der Waals surface area contributed by atoms with Gasteiger partial charge in [0.05, 0.1) is 57.4 Å². The Hall–Kier alpha value is -9.03. The summed E-state index contributed by atoms with van der Waals surface area (Å²) in [6.07, 6.45) is 4.94. The molecule has 7 aromatic carbocycles. The van der Waals surface area contributed by atoms with E-state index in [9.17, 15) is 37.1 Å². The molecule has 0 saturated heterocycles. The van der Waals surface area contributed by atoms with Crippen LogP contribution in [0.3, 0.4) is 0 Å². The van der Waals surface area contributed by atoms with Gasteiger partial charge in [0.2, 0.25) is 0 Å². The number of hydrogen-bond acceptors (Lipinski definition) is 18. The molecule has 18 nitrogen and oxygen atoms in total. The van der Waals surface area contributed by atoms with Gasteiger partial charge in [-0.15, -0.1) is 0 Å². The number of hydrogen-bond donors (Lipinski definition) is 0. The average molecular weight is 1540 g/mol. The quantitative estimate of drug-likeness (QED) is 0.00407. The smallest absolute Gasteiger partial charge is 0.0464 e. The van der Waals surface area contributed by atoms with Crippen molar-refractivity contribution in [3.05, 3.63) is 152 Å². The van der Waals surface area contributed by atoms with E-state index in [0.29, 0.717) is 120 Å². The summed E-state index contributed by atoms with van der Waals surface area (Å²) in [5.74, 6) is -0.170. The first-order valence-corrected chi connectivity index (χ1v) is 38.2. The van der Waals surface area contributed by atoms with Crippen LogP contribution in [-0.2, 0) is 41.2 Å². The number of carbonyl (C=O) groups excluding carboxylic acids is 5. The zero-order valence-corrected chi connectivity index (χ0v) is 61.6. The van der Waals surface area contributed by atoms with Gasteiger partial charge in [-0.3, -0.25) is 9.59 Å². The minimum Gasteiger partial charge on any atom is -0.0464 e. The Balaban J connectivity index is 0.757. The number of carbonyl (C=O) groups is 5. The summed E-state index contributed by atoms with van der Waals surface area (Å²) in [5, 5.41) is 3.67. The van der Waals surface area contributed by atoms with Gasteiger partial charge in [-0.25, -0.2) is 9.59 Å². The standard InChI is InChI=1S/C82H91F3IN2O16/c1-52(2)77(89)95-40-11-8-7-10-39-94-62-26-30-64(31-27-62)103-80(92)57-21-17-56(18-22-57)49-99-68-35-37-70-69-36-34-67(98-48-55-19-23-58(24-20-55)81(93)104-65-32-28-63(29-33-65)100-50-61(82(83,84)85)15-9-12-41-96-78(90)53(3)4)46-71(69)75-76(72(70)47-68)88-74-45-60(25-38-73(74)87-75)59-14-13-16-66(44-59)101-51-86-102-43-42-97-79(91)54(5)6/h13-14,16,25-38,44-47,54-58,61H,1,3,7-12,15,17-24,39-43,48-51H2,2,4-6H3/q-1. The minimum absolute atomic E-state index is 0.00624. The van der Waals surface area contributed by atoms with Crippen molar-refractivity contribution >= 4 is 73.5 Å². The van der Waals surface area contributed by atoms with Crippen molar-refractivity contribution < 1.29 is 109 Å². The van der Waals surface area contributed by atoms with Gasteiger partial charge < -0.3 is 37.9 Å². The third-order valence-electron chi connectivity index (χ3n) is 18.6. The Bertz CT molecular complexity index is 4260. The van der Waals surface area contributed by atoms with Crippen molar-refractivity contribution in [3.8, 4) is 51.4 Å². The summed E-state index contributed by atoms with van der Waals surface area (Å²) in [4.78, 5) is 72.5. The van der Waals surface area contributed by atoms with Crippen LogP contribution in [0.25, 0.3) is 54.7 Å². The van der Waals surface area contributed by atoms with Gasteiger partial charge in [-0.05, 0) is 206 Å². The second kappa shape index (κ2) is 38.1. The molecule has 1 atom stereocenters. The number of aromatic nitrogens is 2. The molecule has 10 rings (SSSR count). The molecule has 2 aliphatic rings. The second-order valence-corrected chi connectivity index (χ2v) is 28.9. The van der Waals surface area contributed by atoms with Gasteiger partial charge in [0.15, 0.2) is 0 Å². The van der Waals surface area contributed by atoms with Crippen LogP contribution in [0.1, 0.15) is 124 Å². The Kier molecular flexibility index (Phi) is 28.4. The molecule has 0 amide bonds. The maximum atomic E-state index is 13.9. The second-order valence-electron chi connectivity index (χ2n) is 27.0. The van der Waals surface area contributed by atoms with Crippen LogP contribution < -0.4 is 54.8 Å². The van der Waals surface area contributed by atoms with E-state index in [2.05, 4.69) is 25.3 Å². The first-order chi connectivity index (χ1) is 50.2. The molecule has 2 aliphatic carbocycles. The van der Waals surface area contributed by atoms with Crippen molar-refractivity contribution in [2.45, 2.75) is 130 Å². The topological polar surface area (TPSA) is 213 Å². The van der Waals surface area contributed by atoms with Gasteiger partial charge in [0, 0.05) is 11.1 Å². The van der Waals surface area contributed by atoms with Gasteiger partial charge in [0.1, 0.15) is 34.5 Å². The Morgan fingerprint density at radius 3 is 1.51 bits per heavy atom. The zero-order valence-electron chi connectivity index (χ0n) is 59.4. The molecule has 22 heteroatoms. The molecule has 1 heterocycles. The monoisotopic (exact) mass is 1540 g/mol. The van der Waals surface area contributed by atoms with E-state index >= 15 is 0 Å². The predicted octanol–water partition coefficient (Wildman–Crippen LogP) is 14.8. The first-order valence-electron chi connectivity index (χ1n) is 35.8. The molecule has 1 unspecified atom stereocenters. The summed E-state index contributed by atoms with van der Waals surface area (Å²) in [6.45, 7) is 15.6. The molecule has 2 fully saturated rings. The van der Waals surface area contributed by atoms with Gasteiger partial charge >= 0.3 is 226 Å². The molecular weight excluding hydrogens is 1450 g/mol. The number of nitrogens with zero attached hydrogens (tertiary/aromatic N) is 2. The fraction of sp³-hybridized carbons (Fsp3) is 0.427. The Morgan fingerprint density at radius 1 is 0.481 bits per heavy atom. The zero-order chi connectivity index (χ0) is 73.5. The van der Waals surface area contributed by atoms with Crippen molar-refractivity contribution in [2.75, 3.05) is 57.5 Å². The van der Waals surface area contributed by atoms with E-state index in [1.807, 2.05) is 78.9 Å². The maximum absolute atomic E-state index is 13.9. The number of halogens is 4. The van der Waals surface area contributed by atoms with Crippen molar-refractivity contribution in [2.24, 2.45) is 35.5 Å². The van der Waals surface area contributed by atoms with Crippen molar-refractivity contribution in [3.63, 3.8) is 0 Å². The number of unbranched alkanes of at least 4 members (excludes halogenated alkanes) is 4. The molecule has 554 valence electrons. The van der Waals surface area contributed by atoms with Crippen LogP contribution in [0, 0.1) is 35.5 Å². The minimum atomic E-state index is -4.48. The van der Waals surface area contributed by atoms with Crippen LogP contribution in [0.5, 0.6) is 40.2 Å². The van der Waals surface area contributed by atoms with Crippen LogP contribution in [0.2, 0.25) is 0 Å². The molecule has 104 heavy (non-hydrogen) atoms. The average Bonchev–Trinajstić information content (AvgIpc) is 0.730. The fourth-order valence-electron chi connectivity index (χ4n) is 12.5. The normalized spacial score (nSPS) is 16.4. The van der Waals surface area contributed by atoms with Gasteiger partial charge in [-0.2, -0.15) is 13.2 Å². The molecule has 2 saturated carbocycles. The van der Waals surface area contributed by atoms with E-state index < -0.39 is 46.3 Å². The summed E-state index contributed by atoms with van der Waals surface area (Å²) in [7, 11) is 0. The predicted molar refractivity (Wildman–Crippen MR) is 385 cm³/mol. The molecule has 0 bridgehead atoms. The molecule has 1 aromatic heterocycles. The SMILES string of the molecule is C=C(C)C(=O)OCCCCCCOc1ccc(OC(=O)C2CCC(COc3ccc4c5ccc(OCC6CCC(C(=O)Oc7ccc(OCC(CCCCOC(=O)C(=C)C)C(F)(F)F)cc7)CC6)cc5c5nc6ccc(-c7cccc(OC[I-]OCCOC(=O)C(C)C)c7)cc6nc5c4c3)CC2)cc1. The van der Waals surface area contributed by atoms with Crippen LogP contribution >= 0.6 is 0 Å². The van der Waals surface area contributed by atoms with Crippen molar-refractivity contribution in [1.29, 1.82) is 0 Å². The Morgan fingerprint density at radius 2 is 0.971 bits per heavy atom. The molecule has 0 N–H and O–H groups in total. The molecule has 0 spiro atoms. The molecular formula is C82H91F3IN2O16-. The fourth-order valence-corrected chi connectivity index (χ4v) is 13.7.